The largest absolute Gasteiger partial charge is 0.361 e. The van der Waals surface area contributed by atoms with Crippen molar-refractivity contribution in [1.29, 1.82) is 0 Å². The van der Waals surface area contributed by atoms with Gasteiger partial charge in [0.05, 0.1) is 5.69 Å². The first kappa shape index (κ1) is 24.6. The second-order valence-electron chi connectivity index (χ2n) is 7.47. The van der Waals surface area contributed by atoms with Crippen molar-refractivity contribution in [1.82, 2.24) is 35.0 Å². The van der Waals surface area contributed by atoms with Crippen LogP contribution in [0.5, 0.6) is 0 Å². The Morgan fingerprint density at radius 2 is 2.03 bits per heavy atom. The predicted octanol–water partition coefficient (Wildman–Crippen LogP) is 2.32. The van der Waals surface area contributed by atoms with Crippen LogP contribution in [0.1, 0.15) is 44.0 Å². The van der Waals surface area contributed by atoms with E-state index in [9.17, 15) is 0 Å². The molecule has 3 rings (SSSR count). The summed E-state index contributed by atoms with van der Waals surface area (Å²) in [7, 11) is 0. The highest BCUT2D eigenvalue weighted by Crippen LogP contribution is 2.09. The maximum Gasteiger partial charge on any atom is 0.194 e. The number of aromatic nitrogens is 4. The van der Waals surface area contributed by atoms with Crippen molar-refractivity contribution in [2.24, 2.45) is 4.99 Å². The Kier molecular flexibility index (Phi) is 10.6. The lowest BCUT2D eigenvalue weighted by Crippen LogP contribution is -2.52. The summed E-state index contributed by atoms with van der Waals surface area (Å²) in [5.41, 5.74) is 1.01. The number of nitrogens with zero attached hydrogens (tertiary/aromatic N) is 7. The van der Waals surface area contributed by atoms with Gasteiger partial charge in [-0.2, -0.15) is 0 Å². The molecule has 0 unspecified atom stereocenters. The van der Waals surface area contributed by atoms with Crippen LogP contribution in [0.3, 0.4) is 0 Å². The highest BCUT2D eigenvalue weighted by Gasteiger charge is 2.20. The number of aryl methyl sites for hydroxylation is 2. The number of unbranched alkanes of at least 4 members (excludes halogenated alkanes) is 1. The minimum absolute atomic E-state index is 0. The van der Waals surface area contributed by atoms with Crippen LogP contribution in [-0.4, -0.2) is 74.9 Å². The minimum atomic E-state index is 0. The first-order chi connectivity index (χ1) is 14.2. The Morgan fingerprint density at radius 1 is 1.23 bits per heavy atom. The molecular weight excluding hydrogens is 495 g/mol. The molecule has 10 heteroatoms. The van der Waals surface area contributed by atoms with Gasteiger partial charge >= 0.3 is 0 Å². The second-order valence-corrected chi connectivity index (χ2v) is 7.47. The smallest absolute Gasteiger partial charge is 0.194 e. The number of aliphatic imine (C=N–C) groups is 1. The standard InChI is InChI=1S/C20H34N8O.HI/c1-4-6-7-21-20(22-8-9-28-16-23-24-19(28)5-2)27-12-10-26(11-13-27)15-18-14-17(3)29-25-18;/h14,16H,4-13,15H2,1-3H3,(H,21,22);1H. The van der Waals surface area contributed by atoms with Gasteiger partial charge < -0.3 is 19.3 Å². The van der Waals surface area contributed by atoms with Crippen molar-refractivity contribution in [2.75, 3.05) is 39.3 Å². The molecule has 1 aliphatic rings. The zero-order chi connectivity index (χ0) is 20.5. The van der Waals surface area contributed by atoms with Crippen molar-refractivity contribution in [3.63, 3.8) is 0 Å². The monoisotopic (exact) mass is 530 g/mol. The molecule has 2 aromatic heterocycles. The molecule has 0 saturated carbocycles. The Bertz CT molecular complexity index is 766. The van der Waals surface area contributed by atoms with Crippen LogP contribution < -0.4 is 5.32 Å². The predicted molar refractivity (Wildman–Crippen MR) is 128 cm³/mol. The van der Waals surface area contributed by atoms with Gasteiger partial charge in [0.1, 0.15) is 17.9 Å². The van der Waals surface area contributed by atoms with E-state index in [1.807, 2.05) is 13.0 Å². The summed E-state index contributed by atoms with van der Waals surface area (Å²) < 4.78 is 7.29. The first-order valence-corrected chi connectivity index (χ1v) is 10.7. The van der Waals surface area contributed by atoms with E-state index in [4.69, 9.17) is 9.52 Å². The number of guanidine groups is 1. The molecule has 30 heavy (non-hydrogen) atoms. The van der Waals surface area contributed by atoms with E-state index in [1.165, 1.54) is 0 Å². The quantitative estimate of drug-likeness (QED) is 0.231. The molecule has 0 atom stereocenters. The fraction of sp³-hybridized carbons (Fsp3) is 0.700. The van der Waals surface area contributed by atoms with Gasteiger partial charge in [0.15, 0.2) is 5.96 Å². The van der Waals surface area contributed by atoms with Gasteiger partial charge in [-0.25, -0.2) is 0 Å². The van der Waals surface area contributed by atoms with E-state index in [2.05, 4.69) is 48.9 Å². The number of rotatable bonds is 9. The summed E-state index contributed by atoms with van der Waals surface area (Å²) in [6.45, 7) is 13.5. The van der Waals surface area contributed by atoms with Gasteiger partial charge in [0.25, 0.3) is 0 Å². The topological polar surface area (TPSA) is 87.6 Å². The summed E-state index contributed by atoms with van der Waals surface area (Å²) in [4.78, 5) is 9.64. The van der Waals surface area contributed by atoms with Gasteiger partial charge in [0, 0.05) is 64.8 Å². The lowest BCUT2D eigenvalue weighted by molar-refractivity contribution is 0.168. The maximum absolute atomic E-state index is 5.18. The Hall–Kier alpha value is -1.69. The molecule has 2 aromatic rings. The lowest BCUT2D eigenvalue weighted by Gasteiger charge is -2.36. The normalized spacial score (nSPS) is 15.3. The summed E-state index contributed by atoms with van der Waals surface area (Å²) in [6.07, 6.45) is 4.97. The number of hydrogen-bond acceptors (Lipinski definition) is 6. The molecule has 1 saturated heterocycles. The molecule has 1 aliphatic heterocycles. The molecule has 9 nitrogen and oxygen atoms in total. The van der Waals surface area contributed by atoms with Crippen molar-refractivity contribution >= 4 is 29.9 Å². The van der Waals surface area contributed by atoms with Gasteiger partial charge in [-0.1, -0.05) is 25.4 Å². The third-order valence-electron chi connectivity index (χ3n) is 5.16. The Balaban J connectivity index is 0.00000320. The molecule has 0 spiro atoms. The molecule has 168 valence electrons. The SMILES string of the molecule is CCCCN=C(NCCn1cnnc1CC)N1CCN(Cc2cc(C)on2)CC1.I. The van der Waals surface area contributed by atoms with Crippen LogP contribution >= 0.6 is 24.0 Å². The minimum Gasteiger partial charge on any atom is -0.361 e. The van der Waals surface area contributed by atoms with E-state index in [1.54, 1.807) is 6.33 Å². The van der Waals surface area contributed by atoms with Crippen LogP contribution in [0, 0.1) is 6.92 Å². The van der Waals surface area contributed by atoms with Crippen LogP contribution in [0.15, 0.2) is 21.9 Å². The zero-order valence-corrected chi connectivity index (χ0v) is 20.7. The number of halogens is 1. The Labute approximate surface area is 196 Å². The van der Waals surface area contributed by atoms with Gasteiger partial charge in [-0.05, 0) is 13.3 Å². The van der Waals surface area contributed by atoms with E-state index in [0.717, 1.165) is 94.9 Å². The number of hydrogen-bond donors (Lipinski definition) is 1. The Morgan fingerprint density at radius 3 is 2.70 bits per heavy atom. The summed E-state index contributed by atoms with van der Waals surface area (Å²) >= 11 is 0. The number of nitrogens with one attached hydrogen (secondary N) is 1. The lowest BCUT2D eigenvalue weighted by atomic mass is 10.3. The summed E-state index contributed by atoms with van der Waals surface area (Å²) in [5, 5.41) is 15.8. The molecule has 0 aliphatic carbocycles. The maximum atomic E-state index is 5.18. The molecule has 3 heterocycles. The van der Waals surface area contributed by atoms with Crippen LogP contribution in [-0.2, 0) is 19.5 Å². The van der Waals surface area contributed by atoms with Crippen LogP contribution in [0.2, 0.25) is 0 Å². The van der Waals surface area contributed by atoms with Crippen molar-refractivity contribution in [3.8, 4) is 0 Å². The average Bonchev–Trinajstić information content (AvgIpc) is 3.36. The van der Waals surface area contributed by atoms with Gasteiger partial charge in [0.2, 0.25) is 0 Å². The second kappa shape index (κ2) is 12.9. The fourth-order valence-electron chi connectivity index (χ4n) is 3.48. The highest BCUT2D eigenvalue weighted by molar-refractivity contribution is 14.0. The molecule has 1 fully saturated rings. The van der Waals surface area contributed by atoms with Gasteiger partial charge in [-0.15, -0.1) is 34.2 Å². The molecule has 0 bridgehead atoms. The molecule has 0 aromatic carbocycles. The van der Waals surface area contributed by atoms with Crippen molar-refractivity contribution in [3.05, 3.63) is 29.7 Å². The first-order valence-electron chi connectivity index (χ1n) is 10.7. The van der Waals surface area contributed by atoms with Crippen LogP contribution in [0.4, 0.5) is 0 Å². The third-order valence-corrected chi connectivity index (χ3v) is 5.16. The van der Waals surface area contributed by atoms with Crippen molar-refractivity contribution < 1.29 is 4.52 Å². The van der Waals surface area contributed by atoms with E-state index in [0.29, 0.717) is 0 Å². The molecule has 0 radical (unpaired) electrons. The third kappa shape index (κ3) is 7.22. The van der Waals surface area contributed by atoms with E-state index in [-0.39, 0.29) is 24.0 Å². The molecule has 0 amide bonds. The zero-order valence-electron chi connectivity index (χ0n) is 18.4. The average molecular weight is 530 g/mol. The molecule has 1 N–H and O–H groups in total. The van der Waals surface area contributed by atoms with Gasteiger partial charge in [-0.3, -0.25) is 9.89 Å². The van der Waals surface area contributed by atoms with E-state index < -0.39 is 0 Å². The number of piperazine rings is 1. The van der Waals surface area contributed by atoms with Crippen LogP contribution in [0.25, 0.3) is 0 Å². The van der Waals surface area contributed by atoms with E-state index >= 15 is 0 Å². The highest BCUT2D eigenvalue weighted by atomic mass is 127. The fourth-order valence-corrected chi connectivity index (χ4v) is 3.48. The van der Waals surface area contributed by atoms with Crippen molar-refractivity contribution in [2.45, 2.75) is 53.1 Å². The molecular formula is C20H35IN8O. The summed E-state index contributed by atoms with van der Waals surface area (Å²) in [5.74, 6) is 2.90. The summed E-state index contributed by atoms with van der Waals surface area (Å²) in [6, 6.07) is 2.01.